The summed E-state index contributed by atoms with van der Waals surface area (Å²) in [5.41, 5.74) is 0.955. The predicted octanol–water partition coefficient (Wildman–Crippen LogP) is 2.63. The minimum atomic E-state index is -0.536. The molecule has 0 aliphatic carbocycles. The Labute approximate surface area is 97.0 Å². The number of ether oxygens (including phenoxy) is 1. The zero-order chi connectivity index (χ0) is 8.77. The van der Waals surface area contributed by atoms with Gasteiger partial charge in [-0.2, -0.15) is 0 Å². The number of hydrogen-bond acceptors (Lipinski definition) is 2. The van der Waals surface area contributed by atoms with Crippen molar-refractivity contribution in [1.29, 1.82) is 0 Å². The van der Waals surface area contributed by atoms with Crippen molar-refractivity contribution in [2.75, 3.05) is 0 Å². The number of hydrogen-bond donors (Lipinski definition) is 0. The standard InChI is InChI=1S/C8H4I2O2/c9-8(10)5-3-1-2-4-6(5)12-7(8)11/h1-4H. The molecule has 0 bridgehead atoms. The largest absolute Gasteiger partial charge is 0.424 e. The first kappa shape index (κ1) is 8.74. The lowest BCUT2D eigenvalue weighted by molar-refractivity contribution is -0.132. The van der Waals surface area contributed by atoms with Gasteiger partial charge in [0.25, 0.3) is 0 Å². The molecule has 0 atom stereocenters. The average molecular weight is 386 g/mol. The van der Waals surface area contributed by atoms with Gasteiger partial charge in [-0.15, -0.1) is 0 Å². The fraction of sp³-hybridized carbons (Fsp3) is 0.125. The van der Waals surface area contributed by atoms with Crippen LogP contribution in [0.3, 0.4) is 0 Å². The lowest BCUT2D eigenvalue weighted by Crippen LogP contribution is -2.18. The first-order valence-electron chi connectivity index (χ1n) is 3.32. The number of rotatable bonds is 0. The fourth-order valence-corrected chi connectivity index (χ4v) is 2.20. The van der Waals surface area contributed by atoms with Gasteiger partial charge in [-0.1, -0.05) is 18.2 Å². The zero-order valence-electron chi connectivity index (χ0n) is 5.88. The highest BCUT2D eigenvalue weighted by Crippen LogP contribution is 2.49. The van der Waals surface area contributed by atoms with Gasteiger partial charge < -0.3 is 4.74 Å². The summed E-state index contributed by atoms with van der Waals surface area (Å²) < 4.78 is 4.53. The van der Waals surface area contributed by atoms with E-state index < -0.39 is 1.43 Å². The van der Waals surface area contributed by atoms with Gasteiger partial charge in [0, 0.05) is 5.56 Å². The van der Waals surface area contributed by atoms with E-state index in [1.165, 1.54) is 0 Å². The second-order valence-electron chi connectivity index (χ2n) is 2.46. The molecule has 0 radical (unpaired) electrons. The van der Waals surface area contributed by atoms with Crippen LogP contribution in [0.2, 0.25) is 0 Å². The summed E-state index contributed by atoms with van der Waals surface area (Å²) in [6.45, 7) is 0. The van der Waals surface area contributed by atoms with Crippen LogP contribution in [0, 0.1) is 0 Å². The van der Waals surface area contributed by atoms with Crippen molar-refractivity contribution < 1.29 is 9.53 Å². The maximum absolute atomic E-state index is 11.3. The van der Waals surface area contributed by atoms with Gasteiger partial charge in [0.2, 0.25) is 0 Å². The van der Waals surface area contributed by atoms with Gasteiger partial charge in [0.1, 0.15) is 5.75 Å². The topological polar surface area (TPSA) is 26.3 Å². The molecule has 0 amide bonds. The number of fused-ring (bicyclic) bond motifs is 1. The van der Waals surface area contributed by atoms with Crippen molar-refractivity contribution in [3.05, 3.63) is 29.8 Å². The summed E-state index contributed by atoms with van der Waals surface area (Å²) in [6, 6.07) is 7.50. The molecule has 0 aromatic heterocycles. The molecule has 0 N–H and O–H groups in total. The van der Waals surface area contributed by atoms with Crippen molar-refractivity contribution in [3.63, 3.8) is 0 Å². The lowest BCUT2D eigenvalue weighted by Gasteiger charge is -2.07. The number of halogens is 2. The summed E-state index contributed by atoms with van der Waals surface area (Å²) >= 11 is 4.19. The van der Waals surface area contributed by atoms with E-state index in [9.17, 15) is 4.79 Å². The summed E-state index contributed by atoms with van der Waals surface area (Å²) in [7, 11) is 0. The van der Waals surface area contributed by atoms with E-state index in [0.29, 0.717) is 5.75 Å². The van der Waals surface area contributed by atoms with Crippen molar-refractivity contribution in [3.8, 4) is 5.75 Å². The molecule has 2 nitrogen and oxygen atoms in total. The first-order valence-corrected chi connectivity index (χ1v) is 5.48. The van der Waals surface area contributed by atoms with E-state index in [1.807, 2.05) is 24.3 Å². The van der Waals surface area contributed by atoms with E-state index in [2.05, 4.69) is 45.2 Å². The maximum Gasteiger partial charge on any atom is 0.342 e. The highest BCUT2D eigenvalue weighted by atomic mass is 127. The highest BCUT2D eigenvalue weighted by Gasteiger charge is 2.44. The first-order chi connectivity index (χ1) is 5.62. The number of esters is 1. The van der Waals surface area contributed by atoms with Gasteiger partial charge in [0.05, 0.1) is 0 Å². The molecule has 1 aromatic carbocycles. The Balaban J connectivity index is 2.63. The molecular formula is C8H4I2O2. The smallest absolute Gasteiger partial charge is 0.342 e. The molecule has 12 heavy (non-hydrogen) atoms. The third-order valence-corrected chi connectivity index (χ3v) is 3.73. The van der Waals surface area contributed by atoms with Crippen LogP contribution in [-0.2, 0) is 6.22 Å². The molecule has 4 heteroatoms. The molecule has 1 heterocycles. The molecule has 1 aliphatic rings. The van der Waals surface area contributed by atoms with Crippen molar-refractivity contribution in [2.24, 2.45) is 0 Å². The van der Waals surface area contributed by atoms with Crippen LogP contribution < -0.4 is 4.74 Å². The summed E-state index contributed by atoms with van der Waals surface area (Å²) in [4.78, 5) is 11.3. The number of para-hydroxylation sites is 1. The quantitative estimate of drug-likeness (QED) is 0.297. The number of alkyl halides is 2. The molecule has 0 spiro atoms. The summed E-state index contributed by atoms with van der Waals surface area (Å²) in [5, 5.41) is 0. The van der Waals surface area contributed by atoms with Gasteiger partial charge in [-0.3, -0.25) is 0 Å². The fourth-order valence-electron chi connectivity index (χ4n) is 1.09. The molecule has 62 valence electrons. The monoisotopic (exact) mass is 386 g/mol. The Hall–Kier alpha value is 0.150. The van der Waals surface area contributed by atoms with Crippen LogP contribution in [0.5, 0.6) is 5.75 Å². The molecule has 0 fully saturated rings. The Morgan fingerprint density at radius 3 is 2.58 bits per heavy atom. The number of benzene rings is 1. The van der Waals surface area contributed by atoms with E-state index in [4.69, 9.17) is 4.74 Å². The van der Waals surface area contributed by atoms with Crippen LogP contribution in [0.1, 0.15) is 5.56 Å². The minimum Gasteiger partial charge on any atom is -0.424 e. The molecular weight excluding hydrogens is 382 g/mol. The van der Waals surface area contributed by atoms with E-state index in [-0.39, 0.29) is 5.97 Å². The lowest BCUT2D eigenvalue weighted by atomic mass is 10.2. The summed E-state index contributed by atoms with van der Waals surface area (Å²) in [5.74, 6) is 0.496. The van der Waals surface area contributed by atoms with Gasteiger partial charge >= 0.3 is 5.97 Å². The Morgan fingerprint density at radius 1 is 1.25 bits per heavy atom. The van der Waals surface area contributed by atoms with E-state index >= 15 is 0 Å². The normalized spacial score (nSPS) is 18.7. The van der Waals surface area contributed by atoms with E-state index in [1.54, 1.807) is 0 Å². The number of carbonyl (C=O) groups is 1. The second kappa shape index (κ2) is 2.83. The van der Waals surface area contributed by atoms with Crippen LogP contribution >= 0.6 is 45.2 Å². The zero-order valence-corrected chi connectivity index (χ0v) is 10.2. The Kier molecular flexibility index (Phi) is 2.06. The van der Waals surface area contributed by atoms with Crippen LogP contribution in [0.25, 0.3) is 0 Å². The molecule has 0 saturated heterocycles. The number of carbonyl (C=O) groups excluding carboxylic acids is 1. The SMILES string of the molecule is O=C1Oc2ccccc2C1(I)I. The molecule has 1 aliphatic heterocycles. The molecule has 0 unspecified atom stereocenters. The Bertz CT molecular complexity index is 347. The molecule has 1 aromatic rings. The summed E-state index contributed by atoms with van der Waals surface area (Å²) in [6.07, 6.45) is 0. The van der Waals surface area contributed by atoms with Crippen molar-refractivity contribution in [2.45, 2.75) is 1.43 Å². The van der Waals surface area contributed by atoms with Gasteiger partial charge in [-0.25, -0.2) is 4.79 Å². The second-order valence-corrected chi connectivity index (χ2v) is 7.76. The van der Waals surface area contributed by atoms with Crippen molar-refractivity contribution in [1.82, 2.24) is 0 Å². The van der Waals surface area contributed by atoms with Crippen LogP contribution in [0.15, 0.2) is 24.3 Å². The highest BCUT2D eigenvalue weighted by molar-refractivity contribution is 14.2. The molecule has 2 rings (SSSR count). The molecule has 0 saturated carbocycles. The van der Waals surface area contributed by atoms with Crippen molar-refractivity contribution >= 4 is 51.2 Å². The third-order valence-electron chi connectivity index (χ3n) is 1.68. The maximum atomic E-state index is 11.3. The van der Waals surface area contributed by atoms with Gasteiger partial charge in [0.15, 0.2) is 1.43 Å². The average Bonchev–Trinajstić information content (AvgIpc) is 2.25. The predicted molar refractivity (Wildman–Crippen MR) is 61.8 cm³/mol. The van der Waals surface area contributed by atoms with Crippen LogP contribution in [-0.4, -0.2) is 5.97 Å². The van der Waals surface area contributed by atoms with Gasteiger partial charge in [-0.05, 0) is 51.2 Å². The minimum absolute atomic E-state index is 0.190. The Morgan fingerprint density at radius 2 is 1.92 bits per heavy atom. The third kappa shape index (κ3) is 1.15. The van der Waals surface area contributed by atoms with Crippen LogP contribution in [0.4, 0.5) is 0 Å². The van der Waals surface area contributed by atoms with E-state index in [0.717, 1.165) is 5.56 Å².